The topological polar surface area (TPSA) is 76.6 Å². The van der Waals surface area contributed by atoms with E-state index in [2.05, 4.69) is 20.2 Å². The van der Waals surface area contributed by atoms with E-state index >= 15 is 0 Å². The average Bonchev–Trinajstić information content (AvgIpc) is 3.59. The SMILES string of the molecule is CCOc1ccccc1OC1CCCN(c2ncc(C(=O)NCC3CC3)cn2)C1. The van der Waals surface area contributed by atoms with Crippen LogP contribution in [0.2, 0.25) is 0 Å². The Morgan fingerprint density at radius 1 is 1.17 bits per heavy atom. The molecule has 2 heterocycles. The lowest BCUT2D eigenvalue weighted by Crippen LogP contribution is -2.42. The summed E-state index contributed by atoms with van der Waals surface area (Å²) in [7, 11) is 0. The molecule has 1 aliphatic heterocycles. The number of rotatable bonds is 8. The number of ether oxygens (including phenoxy) is 2. The maximum atomic E-state index is 12.2. The van der Waals surface area contributed by atoms with E-state index in [1.807, 2.05) is 31.2 Å². The lowest BCUT2D eigenvalue weighted by molar-refractivity contribution is 0.0951. The number of benzene rings is 1. The molecule has 2 aromatic rings. The molecule has 1 saturated carbocycles. The van der Waals surface area contributed by atoms with Crippen molar-refractivity contribution >= 4 is 11.9 Å². The molecular formula is C22H28N4O3. The fraction of sp³-hybridized carbons (Fsp3) is 0.500. The maximum Gasteiger partial charge on any atom is 0.254 e. The number of para-hydroxylation sites is 2. The first-order chi connectivity index (χ1) is 14.2. The monoisotopic (exact) mass is 396 g/mol. The summed E-state index contributed by atoms with van der Waals surface area (Å²) in [5, 5.41) is 2.95. The van der Waals surface area contributed by atoms with Crippen LogP contribution < -0.4 is 19.7 Å². The zero-order valence-electron chi connectivity index (χ0n) is 16.8. The van der Waals surface area contributed by atoms with Gasteiger partial charge in [0, 0.05) is 25.5 Å². The first-order valence-corrected chi connectivity index (χ1v) is 10.5. The minimum absolute atomic E-state index is 0.0375. The lowest BCUT2D eigenvalue weighted by atomic mass is 10.1. The zero-order valence-corrected chi connectivity index (χ0v) is 16.8. The molecule has 0 spiro atoms. The molecule has 0 bridgehead atoms. The van der Waals surface area contributed by atoms with Crippen LogP contribution in [-0.4, -0.2) is 48.2 Å². The van der Waals surface area contributed by atoms with Gasteiger partial charge in [0.25, 0.3) is 5.91 Å². The zero-order chi connectivity index (χ0) is 20.1. The highest BCUT2D eigenvalue weighted by atomic mass is 16.5. The van der Waals surface area contributed by atoms with Crippen LogP contribution in [0.5, 0.6) is 11.5 Å². The van der Waals surface area contributed by atoms with E-state index in [9.17, 15) is 4.79 Å². The molecule has 1 saturated heterocycles. The molecule has 4 rings (SSSR count). The van der Waals surface area contributed by atoms with Gasteiger partial charge in [-0.2, -0.15) is 0 Å². The third-order valence-electron chi connectivity index (χ3n) is 5.25. The summed E-state index contributed by atoms with van der Waals surface area (Å²) in [6, 6.07) is 7.76. The second-order valence-corrected chi connectivity index (χ2v) is 7.63. The van der Waals surface area contributed by atoms with Crippen LogP contribution in [0, 0.1) is 5.92 Å². The Morgan fingerprint density at radius 3 is 2.66 bits per heavy atom. The van der Waals surface area contributed by atoms with Crippen LogP contribution >= 0.6 is 0 Å². The van der Waals surface area contributed by atoms with E-state index in [4.69, 9.17) is 9.47 Å². The molecular weight excluding hydrogens is 368 g/mol. The van der Waals surface area contributed by atoms with Gasteiger partial charge in [0.2, 0.25) is 5.95 Å². The number of carbonyl (C=O) groups excluding carboxylic acids is 1. The molecule has 29 heavy (non-hydrogen) atoms. The minimum atomic E-state index is -0.101. The predicted octanol–water partition coefficient (Wildman–Crippen LogP) is 3.06. The van der Waals surface area contributed by atoms with Gasteiger partial charge in [-0.25, -0.2) is 9.97 Å². The first kappa shape index (κ1) is 19.5. The smallest absolute Gasteiger partial charge is 0.254 e. The number of anilines is 1. The number of nitrogens with one attached hydrogen (secondary N) is 1. The van der Waals surface area contributed by atoms with Crippen LogP contribution in [0.1, 0.15) is 43.0 Å². The second-order valence-electron chi connectivity index (χ2n) is 7.63. The summed E-state index contributed by atoms with van der Waals surface area (Å²) in [4.78, 5) is 23.1. The molecule has 0 radical (unpaired) electrons. The molecule has 2 fully saturated rings. The van der Waals surface area contributed by atoms with Crippen molar-refractivity contribution in [3.05, 3.63) is 42.2 Å². The van der Waals surface area contributed by atoms with Crippen molar-refractivity contribution in [1.82, 2.24) is 15.3 Å². The molecule has 2 aliphatic rings. The number of hydrogen-bond acceptors (Lipinski definition) is 6. The normalized spacial score (nSPS) is 18.9. The van der Waals surface area contributed by atoms with E-state index in [0.717, 1.165) is 37.4 Å². The summed E-state index contributed by atoms with van der Waals surface area (Å²) in [5.74, 6) is 2.72. The van der Waals surface area contributed by atoms with E-state index in [1.54, 1.807) is 12.4 Å². The summed E-state index contributed by atoms with van der Waals surface area (Å²) < 4.78 is 11.9. The quantitative estimate of drug-likeness (QED) is 0.739. The minimum Gasteiger partial charge on any atom is -0.490 e. The Balaban J connectivity index is 1.36. The van der Waals surface area contributed by atoms with Crippen molar-refractivity contribution in [2.24, 2.45) is 5.92 Å². The molecule has 154 valence electrons. The lowest BCUT2D eigenvalue weighted by Gasteiger charge is -2.33. The van der Waals surface area contributed by atoms with E-state index in [1.165, 1.54) is 12.8 Å². The average molecular weight is 396 g/mol. The van der Waals surface area contributed by atoms with Crippen LogP contribution in [0.25, 0.3) is 0 Å². The van der Waals surface area contributed by atoms with E-state index in [-0.39, 0.29) is 12.0 Å². The fourth-order valence-electron chi connectivity index (χ4n) is 3.48. The van der Waals surface area contributed by atoms with Crippen molar-refractivity contribution in [3.63, 3.8) is 0 Å². The number of nitrogens with zero attached hydrogens (tertiary/aromatic N) is 3. The molecule has 1 unspecified atom stereocenters. The largest absolute Gasteiger partial charge is 0.490 e. The highest BCUT2D eigenvalue weighted by Gasteiger charge is 2.25. The van der Waals surface area contributed by atoms with Gasteiger partial charge in [-0.05, 0) is 50.7 Å². The van der Waals surface area contributed by atoms with Crippen LogP contribution in [0.4, 0.5) is 5.95 Å². The van der Waals surface area contributed by atoms with Gasteiger partial charge in [-0.1, -0.05) is 12.1 Å². The molecule has 7 heteroatoms. The standard InChI is InChI=1S/C22H28N4O3/c1-2-28-19-7-3-4-8-20(19)29-18-6-5-11-26(15-18)22-24-13-17(14-25-22)21(27)23-12-16-9-10-16/h3-4,7-8,13-14,16,18H,2,5-6,9-12,15H2,1H3,(H,23,27). The summed E-state index contributed by atoms with van der Waals surface area (Å²) >= 11 is 0. The second kappa shape index (κ2) is 9.11. The van der Waals surface area contributed by atoms with Crippen LogP contribution in [-0.2, 0) is 0 Å². The number of amides is 1. The third kappa shape index (κ3) is 5.16. The van der Waals surface area contributed by atoms with Gasteiger partial charge in [0.1, 0.15) is 6.10 Å². The van der Waals surface area contributed by atoms with Crippen molar-refractivity contribution in [3.8, 4) is 11.5 Å². The highest BCUT2D eigenvalue weighted by Crippen LogP contribution is 2.30. The molecule has 1 aliphatic carbocycles. The molecule has 7 nitrogen and oxygen atoms in total. The van der Waals surface area contributed by atoms with Gasteiger partial charge in [0.15, 0.2) is 11.5 Å². The molecule has 1 atom stereocenters. The first-order valence-electron chi connectivity index (χ1n) is 10.5. The van der Waals surface area contributed by atoms with E-state index in [0.29, 0.717) is 30.6 Å². The van der Waals surface area contributed by atoms with E-state index < -0.39 is 0 Å². The number of aromatic nitrogens is 2. The van der Waals surface area contributed by atoms with Crippen molar-refractivity contribution in [2.45, 2.75) is 38.7 Å². The Kier molecular flexibility index (Phi) is 6.12. The Labute approximate surface area is 171 Å². The van der Waals surface area contributed by atoms with Gasteiger partial charge >= 0.3 is 0 Å². The Morgan fingerprint density at radius 2 is 1.93 bits per heavy atom. The maximum absolute atomic E-state index is 12.2. The highest BCUT2D eigenvalue weighted by molar-refractivity contribution is 5.93. The fourth-order valence-corrected chi connectivity index (χ4v) is 3.48. The van der Waals surface area contributed by atoms with Crippen LogP contribution in [0.15, 0.2) is 36.7 Å². The number of hydrogen-bond donors (Lipinski definition) is 1. The van der Waals surface area contributed by atoms with Gasteiger partial charge in [-0.3, -0.25) is 4.79 Å². The predicted molar refractivity (Wildman–Crippen MR) is 111 cm³/mol. The van der Waals surface area contributed by atoms with Gasteiger partial charge in [0.05, 0.1) is 18.7 Å². The molecule has 1 amide bonds. The Hall–Kier alpha value is -2.83. The number of piperidine rings is 1. The van der Waals surface area contributed by atoms with Gasteiger partial charge in [-0.15, -0.1) is 0 Å². The van der Waals surface area contributed by atoms with Crippen molar-refractivity contribution in [2.75, 3.05) is 31.1 Å². The Bertz CT molecular complexity index is 823. The molecule has 1 aromatic heterocycles. The molecule has 1 N–H and O–H groups in total. The third-order valence-corrected chi connectivity index (χ3v) is 5.25. The van der Waals surface area contributed by atoms with Crippen molar-refractivity contribution in [1.29, 1.82) is 0 Å². The molecule has 1 aromatic carbocycles. The number of carbonyl (C=O) groups is 1. The summed E-state index contributed by atoms with van der Waals surface area (Å²) in [6.45, 7) is 4.89. The summed E-state index contributed by atoms with van der Waals surface area (Å²) in [6.07, 6.45) is 7.65. The van der Waals surface area contributed by atoms with Gasteiger partial charge < -0.3 is 19.7 Å². The summed E-state index contributed by atoms with van der Waals surface area (Å²) in [5.41, 5.74) is 0.504. The van der Waals surface area contributed by atoms with Crippen molar-refractivity contribution < 1.29 is 14.3 Å². The van der Waals surface area contributed by atoms with Crippen LogP contribution in [0.3, 0.4) is 0 Å².